The Labute approximate surface area is 159 Å². The van der Waals surface area contributed by atoms with Gasteiger partial charge in [-0.2, -0.15) is 0 Å². The van der Waals surface area contributed by atoms with E-state index in [2.05, 4.69) is 16.1 Å². The summed E-state index contributed by atoms with van der Waals surface area (Å²) >= 11 is 0. The number of nitrogens with zero attached hydrogens (tertiary/aromatic N) is 2. The molecule has 1 aromatic heterocycles. The van der Waals surface area contributed by atoms with E-state index in [0.29, 0.717) is 0 Å². The van der Waals surface area contributed by atoms with Gasteiger partial charge in [-0.15, -0.1) is 0 Å². The Morgan fingerprint density at radius 3 is 2.74 bits per heavy atom. The second-order valence-corrected chi connectivity index (χ2v) is 6.87. The van der Waals surface area contributed by atoms with Crippen LogP contribution in [0.2, 0.25) is 0 Å². The SMILES string of the molecule is Cc1ccccc1OCC(=O)Nc1ccc(-c2cn3c(n2)CCCC3)cc1. The molecular formula is C22H23N3O2. The van der Waals surface area contributed by atoms with Gasteiger partial charge in [0.25, 0.3) is 5.91 Å². The highest BCUT2D eigenvalue weighted by molar-refractivity contribution is 5.92. The minimum Gasteiger partial charge on any atom is -0.483 e. The summed E-state index contributed by atoms with van der Waals surface area (Å²) < 4.78 is 7.83. The molecule has 138 valence electrons. The molecule has 5 heteroatoms. The van der Waals surface area contributed by atoms with Crippen LogP contribution in [0.25, 0.3) is 11.3 Å². The van der Waals surface area contributed by atoms with Gasteiger partial charge in [0, 0.05) is 30.4 Å². The van der Waals surface area contributed by atoms with E-state index in [-0.39, 0.29) is 12.5 Å². The standard InChI is InChI=1S/C22H23N3O2/c1-16-6-2-3-7-20(16)27-15-22(26)23-18-11-9-17(10-12-18)19-14-25-13-5-4-8-21(25)24-19/h2-3,6-7,9-12,14H,4-5,8,13,15H2,1H3,(H,23,26). The fourth-order valence-corrected chi connectivity index (χ4v) is 3.33. The maximum Gasteiger partial charge on any atom is 0.262 e. The minimum atomic E-state index is -0.177. The fraction of sp³-hybridized carbons (Fsp3) is 0.273. The van der Waals surface area contributed by atoms with Crippen molar-refractivity contribution in [2.75, 3.05) is 11.9 Å². The van der Waals surface area contributed by atoms with Gasteiger partial charge in [0.05, 0.1) is 5.69 Å². The number of carbonyl (C=O) groups is 1. The van der Waals surface area contributed by atoms with E-state index in [1.165, 1.54) is 18.7 Å². The van der Waals surface area contributed by atoms with Crippen molar-refractivity contribution in [1.82, 2.24) is 9.55 Å². The number of ether oxygens (including phenoxy) is 1. The molecule has 0 fully saturated rings. The summed E-state index contributed by atoms with van der Waals surface area (Å²) in [6.45, 7) is 3.00. The third-order valence-corrected chi connectivity index (χ3v) is 4.83. The highest BCUT2D eigenvalue weighted by atomic mass is 16.5. The summed E-state index contributed by atoms with van der Waals surface area (Å²) in [6.07, 6.45) is 5.61. The number of fused-ring (bicyclic) bond motifs is 1. The van der Waals surface area contributed by atoms with E-state index >= 15 is 0 Å². The van der Waals surface area contributed by atoms with Crippen LogP contribution >= 0.6 is 0 Å². The van der Waals surface area contributed by atoms with Crippen LogP contribution in [0, 0.1) is 6.92 Å². The van der Waals surface area contributed by atoms with Gasteiger partial charge >= 0.3 is 0 Å². The van der Waals surface area contributed by atoms with Crippen molar-refractivity contribution in [3.8, 4) is 17.0 Å². The Hall–Kier alpha value is -3.08. The minimum absolute atomic E-state index is 0.0135. The van der Waals surface area contributed by atoms with E-state index in [0.717, 1.165) is 41.2 Å². The van der Waals surface area contributed by atoms with Crippen LogP contribution in [0.5, 0.6) is 5.75 Å². The van der Waals surface area contributed by atoms with Crippen molar-refractivity contribution in [3.05, 3.63) is 66.1 Å². The van der Waals surface area contributed by atoms with Gasteiger partial charge in [-0.1, -0.05) is 30.3 Å². The predicted molar refractivity (Wildman–Crippen MR) is 106 cm³/mol. The largest absolute Gasteiger partial charge is 0.483 e. The van der Waals surface area contributed by atoms with E-state index in [9.17, 15) is 4.79 Å². The lowest BCUT2D eigenvalue weighted by atomic mass is 10.1. The van der Waals surface area contributed by atoms with E-state index in [4.69, 9.17) is 9.72 Å². The average molecular weight is 361 g/mol. The highest BCUT2D eigenvalue weighted by Gasteiger charge is 2.13. The number of nitrogens with one attached hydrogen (secondary N) is 1. The Balaban J connectivity index is 1.37. The quantitative estimate of drug-likeness (QED) is 0.740. The molecule has 1 amide bonds. The first kappa shape index (κ1) is 17.3. The number of rotatable bonds is 5. The van der Waals surface area contributed by atoms with E-state index in [1.807, 2.05) is 55.5 Å². The highest BCUT2D eigenvalue weighted by Crippen LogP contribution is 2.24. The number of benzene rings is 2. The number of para-hydroxylation sites is 1. The Kier molecular flexibility index (Phi) is 4.92. The van der Waals surface area contributed by atoms with Crippen molar-refractivity contribution in [1.29, 1.82) is 0 Å². The predicted octanol–water partition coefficient (Wildman–Crippen LogP) is 4.21. The monoisotopic (exact) mass is 361 g/mol. The lowest BCUT2D eigenvalue weighted by Gasteiger charge is -2.11. The van der Waals surface area contributed by atoms with Gasteiger partial charge in [0.1, 0.15) is 11.6 Å². The molecule has 0 spiro atoms. The molecule has 0 bridgehead atoms. The Morgan fingerprint density at radius 2 is 1.96 bits per heavy atom. The van der Waals surface area contributed by atoms with Crippen LogP contribution in [-0.4, -0.2) is 22.1 Å². The smallest absolute Gasteiger partial charge is 0.262 e. The van der Waals surface area contributed by atoms with Crippen molar-refractivity contribution < 1.29 is 9.53 Å². The van der Waals surface area contributed by atoms with Crippen LogP contribution < -0.4 is 10.1 Å². The molecule has 4 rings (SSSR count). The summed E-state index contributed by atoms with van der Waals surface area (Å²) in [5.74, 6) is 1.72. The van der Waals surface area contributed by atoms with Gasteiger partial charge in [-0.3, -0.25) is 4.79 Å². The molecule has 5 nitrogen and oxygen atoms in total. The van der Waals surface area contributed by atoms with Crippen LogP contribution in [0.15, 0.2) is 54.7 Å². The molecule has 27 heavy (non-hydrogen) atoms. The number of aromatic nitrogens is 2. The molecule has 1 N–H and O–H groups in total. The molecule has 0 aliphatic carbocycles. The Morgan fingerprint density at radius 1 is 1.15 bits per heavy atom. The van der Waals surface area contributed by atoms with Crippen molar-refractivity contribution in [2.45, 2.75) is 32.7 Å². The number of imidazole rings is 1. The van der Waals surface area contributed by atoms with Gasteiger partial charge in [0.15, 0.2) is 6.61 Å². The number of amides is 1. The number of anilines is 1. The first-order valence-electron chi connectivity index (χ1n) is 9.34. The second kappa shape index (κ2) is 7.66. The normalized spacial score (nSPS) is 13.1. The average Bonchev–Trinajstić information content (AvgIpc) is 3.12. The van der Waals surface area contributed by atoms with Gasteiger partial charge in [0.2, 0.25) is 0 Å². The number of aryl methyl sites for hydroxylation is 3. The molecule has 0 unspecified atom stereocenters. The number of carbonyl (C=O) groups excluding carboxylic acids is 1. The van der Waals surface area contributed by atoms with E-state index < -0.39 is 0 Å². The first-order valence-corrected chi connectivity index (χ1v) is 9.34. The first-order chi connectivity index (χ1) is 13.2. The molecule has 3 aromatic rings. The molecule has 0 saturated heterocycles. The third-order valence-electron chi connectivity index (χ3n) is 4.83. The second-order valence-electron chi connectivity index (χ2n) is 6.87. The lowest BCUT2D eigenvalue weighted by molar-refractivity contribution is -0.118. The molecule has 2 aromatic carbocycles. The van der Waals surface area contributed by atoms with Crippen LogP contribution in [-0.2, 0) is 17.8 Å². The molecule has 0 saturated carbocycles. The summed E-state index contributed by atoms with van der Waals surface area (Å²) in [7, 11) is 0. The molecule has 1 aliphatic heterocycles. The molecule has 1 aliphatic rings. The zero-order valence-electron chi connectivity index (χ0n) is 15.4. The molecular weight excluding hydrogens is 338 g/mol. The number of hydrogen-bond donors (Lipinski definition) is 1. The Bertz CT molecular complexity index is 921. The van der Waals surface area contributed by atoms with Crippen LogP contribution in [0.4, 0.5) is 5.69 Å². The van der Waals surface area contributed by atoms with Crippen molar-refractivity contribution >= 4 is 11.6 Å². The fourth-order valence-electron chi connectivity index (χ4n) is 3.33. The third kappa shape index (κ3) is 4.03. The van der Waals surface area contributed by atoms with Gasteiger partial charge < -0.3 is 14.6 Å². The number of hydrogen-bond acceptors (Lipinski definition) is 3. The zero-order valence-corrected chi connectivity index (χ0v) is 15.4. The zero-order chi connectivity index (χ0) is 18.6. The topological polar surface area (TPSA) is 56.1 Å². The van der Waals surface area contributed by atoms with Crippen LogP contribution in [0.1, 0.15) is 24.2 Å². The van der Waals surface area contributed by atoms with E-state index in [1.54, 1.807) is 0 Å². The molecule has 0 radical (unpaired) electrons. The summed E-state index contributed by atoms with van der Waals surface area (Å²) in [6, 6.07) is 15.5. The van der Waals surface area contributed by atoms with Crippen molar-refractivity contribution in [2.24, 2.45) is 0 Å². The van der Waals surface area contributed by atoms with Gasteiger partial charge in [-0.25, -0.2) is 4.98 Å². The maximum atomic E-state index is 12.1. The molecule has 0 atom stereocenters. The lowest BCUT2D eigenvalue weighted by Crippen LogP contribution is -2.20. The summed E-state index contributed by atoms with van der Waals surface area (Å²) in [4.78, 5) is 16.9. The van der Waals surface area contributed by atoms with Gasteiger partial charge in [-0.05, 0) is 43.5 Å². The van der Waals surface area contributed by atoms with Crippen molar-refractivity contribution in [3.63, 3.8) is 0 Å². The van der Waals surface area contributed by atoms with Crippen LogP contribution in [0.3, 0.4) is 0 Å². The molecule has 2 heterocycles. The summed E-state index contributed by atoms with van der Waals surface area (Å²) in [5.41, 5.74) is 3.82. The summed E-state index contributed by atoms with van der Waals surface area (Å²) in [5, 5.41) is 2.87. The maximum absolute atomic E-state index is 12.1.